The number of nitrogens with one attached hydrogen (secondary N) is 1. The zero-order chi connectivity index (χ0) is 16.3. The Labute approximate surface area is 129 Å². The Morgan fingerprint density at radius 1 is 1.18 bits per heavy atom. The van der Waals surface area contributed by atoms with Crippen molar-refractivity contribution in [2.45, 2.75) is 19.4 Å². The maximum Gasteiger partial charge on any atom is 0.261 e. The first-order valence-corrected chi connectivity index (χ1v) is 7.04. The summed E-state index contributed by atoms with van der Waals surface area (Å²) in [4.78, 5) is 28.5. The molecular formula is C17H20N2O3. The fourth-order valence-corrected chi connectivity index (χ4v) is 2.29. The molecular weight excluding hydrogens is 280 g/mol. The van der Waals surface area contributed by atoms with Gasteiger partial charge in [-0.15, -0.1) is 0 Å². The number of carbonyl (C=O) groups excluding carboxylic acids is 1. The Kier molecular flexibility index (Phi) is 4.47. The summed E-state index contributed by atoms with van der Waals surface area (Å²) in [6.07, 6.45) is 0. The smallest absolute Gasteiger partial charge is 0.261 e. The lowest BCUT2D eigenvalue weighted by molar-refractivity contribution is 0.0367. The van der Waals surface area contributed by atoms with E-state index in [0.717, 1.165) is 5.56 Å². The highest BCUT2D eigenvalue weighted by Gasteiger charge is 2.22. The second-order valence-corrected chi connectivity index (χ2v) is 5.95. The van der Waals surface area contributed by atoms with Crippen molar-refractivity contribution in [1.29, 1.82) is 0 Å². The lowest BCUT2D eigenvalue weighted by Gasteiger charge is -2.25. The van der Waals surface area contributed by atoms with Gasteiger partial charge in [-0.3, -0.25) is 9.59 Å². The Bertz CT molecular complexity index is 715. The summed E-state index contributed by atoms with van der Waals surface area (Å²) >= 11 is 0. The molecule has 1 aromatic carbocycles. The first-order valence-electron chi connectivity index (χ1n) is 7.04. The third kappa shape index (κ3) is 3.83. The normalized spacial score (nSPS) is 11.3. The van der Waals surface area contributed by atoms with Gasteiger partial charge in [0, 0.05) is 19.3 Å². The molecule has 5 nitrogen and oxygen atoms in total. The number of benzene rings is 1. The molecule has 1 amide bonds. The van der Waals surface area contributed by atoms with Crippen LogP contribution in [0.2, 0.25) is 0 Å². The molecule has 2 N–H and O–H groups in total. The molecule has 0 radical (unpaired) electrons. The first kappa shape index (κ1) is 16.0. The SMILES string of the molecule is CN(CC(C)(C)O)C(=O)c1ccc(-c2ccccc2)[nH]c1=O. The lowest BCUT2D eigenvalue weighted by Crippen LogP contribution is -2.41. The van der Waals surface area contributed by atoms with Crippen molar-refractivity contribution >= 4 is 5.91 Å². The molecule has 22 heavy (non-hydrogen) atoms. The van der Waals surface area contributed by atoms with Gasteiger partial charge in [0.2, 0.25) is 0 Å². The number of aliphatic hydroxyl groups is 1. The fourth-order valence-electron chi connectivity index (χ4n) is 2.29. The van der Waals surface area contributed by atoms with Gasteiger partial charge in [0.1, 0.15) is 5.56 Å². The summed E-state index contributed by atoms with van der Waals surface area (Å²) in [5.74, 6) is -0.414. The molecule has 0 aliphatic rings. The van der Waals surface area contributed by atoms with E-state index in [0.29, 0.717) is 5.69 Å². The molecule has 0 unspecified atom stereocenters. The van der Waals surface area contributed by atoms with E-state index >= 15 is 0 Å². The molecule has 0 aliphatic carbocycles. The van der Waals surface area contributed by atoms with Crippen LogP contribution in [0.1, 0.15) is 24.2 Å². The van der Waals surface area contributed by atoms with Crippen LogP contribution in [-0.2, 0) is 0 Å². The molecule has 0 saturated carbocycles. The minimum absolute atomic E-state index is 0.0615. The molecule has 0 atom stereocenters. The van der Waals surface area contributed by atoms with E-state index in [4.69, 9.17) is 0 Å². The van der Waals surface area contributed by atoms with Crippen molar-refractivity contribution in [2.24, 2.45) is 0 Å². The predicted octanol–water partition coefficient (Wildman–Crippen LogP) is 1.88. The molecule has 0 aliphatic heterocycles. The minimum atomic E-state index is -1.01. The van der Waals surface area contributed by atoms with Gasteiger partial charge in [0.25, 0.3) is 11.5 Å². The van der Waals surface area contributed by atoms with Crippen LogP contribution in [0.25, 0.3) is 11.3 Å². The largest absolute Gasteiger partial charge is 0.389 e. The van der Waals surface area contributed by atoms with Crippen LogP contribution in [0.15, 0.2) is 47.3 Å². The van der Waals surface area contributed by atoms with Gasteiger partial charge in [-0.05, 0) is 31.5 Å². The number of nitrogens with zero attached hydrogens (tertiary/aromatic N) is 1. The van der Waals surface area contributed by atoms with Gasteiger partial charge in [-0.25, -0.2) is 0 Å². The summed E-state index contributed by atoms with van der Waals surface area (Å²) in [6.45, 7) is 3.37. The Morgan fingerprint density at radius 3 is 2.36 bits per heavy atom. The quantitative estimate of drug-likeness (QED) is 0.905. The number of H-pyrrole nitrogens is 1. The molecule has 1 heterocycles. The van der Waals surface area contributed by atoms with Gasteiger partial charge in [-0.2, -0.15) is 0 Å². The number of carbonyl (C=O) groups is 1. The van der Waals surface area contributed by atoms with Gasteiger partial charge in [-0.1, -0.05) is 30.3 Å². The number of hydrogen-bond donors (Lipinski definition) is 2. The monoisotopic (exact) mass is 300 g/mol. The van der Waals surface area contributed by atoms with Crippen molar-refractivity contribution in [3.63, 3.8) is 0 Å². The number of aromatic amines is 1. The second kappa shape index (κ2) is 6.15. The number of hydrogen-bond acceptors (Lipinski definition) is 3. The van der Waals surface area contributed by atoms with Crippen LogP contribution in [0.4, 0.5) is 0 Å². The first-order chi connectivity index (χ1) is 10.3. The molecule has 0 fully saturated rings. The highest BCUT2D eigenvalue weighted by molar-refractivity contribution is 5.94. The number of likely N-dealkylation sites (N-methyl/N-ethyl adjacent to an activating group) is 1. The maximum absolute atomic E-state index is 12.3. The molecule has 0 saturated heterocycles. The van der Waals surface area contributed by atoms with Crippen LogP contribution in [0.3, 0.4) is 0 Å². The average molecular weight is 300 g/mol. The molecule has 0 spiro atoms. The topological polar surface area (TPSA) is 73.4 Å². The zero-order valence-electron chi connectivity index (χ0n) is 13.0. The summed E-state index contributed by atoms with van der Waals surface area (Å²) in [5.41, 5.74) is 0.150. The predicted molar refractivity (Wildman–Crippen MR) is 85.8 cm³/mol. The van der Waals surface area contributed by atoms with Crippen molar-refractivity contribution in [1.82, 2.24) is 9.88 Å². The molecule has 2 rings (SSSR count). The highest BCUT2D eigenvalue weighted by Crippen LogP contribution is 2.15. The zero-order valence-corrected chi connectivity index (χ0v) is 13.0. The number of amides is 1. The van der Waals surface area contributed by atoms with Crippen molar-refractivity contribution in [3.05, 3.63) is 58.4 Å². The van der Waals surface area contributed by atoms with Crippen LogP contribution >= 0.6 is 0 Å². The van der Waals surface area contributed by atoms with Gasteiger partial charge < -0.3 is 15.0 Å². The van der Waals surface area contributed by atoms with Crippen LogP contribution in [-0.4, -0.2) is 40.1 Å². The minimum Gasteiger partial charge on any atom is -0.389 e. The second-order valence-electron chi connectivity index (χ2n) is 5.95. The summed E-state index contributed by atoms with van der Waals surface area (Å²) in [7, 11) is 1.56. The van der Waals surface area contributed by atoms with E-state index in [1.807, 2.05) is 30.3 Å². The maximum atomic E-state index is 12.3. The third-order valence-corrected chi connectivity index (χ3v) is 3.20. The Balaban J connectivity index is 2.27. The van der Waals surface area contributed by atoms with Crippen LogP contribution < -0.4 is 5.56 Å². The summed E-state index contributed by atoms with van der Waals surface area (Å²) < 4.78 is 0. The van der Waals surface area contributed by atoms with E-state index in [9.17, 15) is 14.7 Å². The van der Waals surface area contributed by atoms with Crippen LogP contribution in [0, 0.1) is 0 Å². The van der Waals surface area contributed by atoms with E-state index in [2.05, 4.69) is 4.98 Å². The van der Waals surface area contributed by atoms with Gasteiger partial charge >= 0.3 is 0 Å². The molecule has 2 aromatic rings. The standard InChI is InChI=1S/C17H20N2O3/c1-17(2,22)11-19(3)16(21)13-9-10-14(18-15(13)20)12-7-5-4-6-8-12/h4-10,22H,11H2,1-3H3,(H,18,20). The number of pyridine rings is 1. The molecule has 116 valence electrons. The molecule has 1 aromatic heterocycles. The van der Waals surface area contributed by atoms with Crippen LogP contribution in [0.5, 0.6) is 0 Å². The van der Waals surface area contributed by atoms with E-state index < -0.39 is 17.1 Å². The van der Waals surface area contributed by atoms with E-state index in [1.54, 1.807) is 27.0 Å². The molecule has 0 bridgehead atoms. The fraction of sp³-hybridized carbons (Fsp3) is 0.294. The summed E-state index contributed by atoms with van der Waals surface area (Å²) in [6, 6.07) is 12.6. The van der Waals surface area contributed by atoms with E-state index in [-0.39, 0.29) is 12.1 Å². The van der Waals surface area contributed by atoms with Crippen molar-refractivity contribution in [3.8, 4) is 11.3 Å². The number of aromatic nitrogens is 1. The Hall–Kier alpha value is -2.40. The Morgan fingerprint density at radius 2 is 1.82 bits per heavy atom. The van der Waals surface area contributed by atoms with Gasteiger partial charge in [0.05, 0.1) is 5.60 Å². The molecule has 5 heteroatoms. The van der Waals surface area contributed by atoms with Crippen molar-refractivity contribution < 1.29 is 9.90 Å². The lowest BCUT2D eigenvalue weighted by atomic mass is 10.1. The van der Waals surface area contributed by atoms with Crippen molar-refractivity contribution in [2.75, 3.05) is 13.6 Å². The highest BCUT2D eigenvalue weighted by atomic mass is 16.3. The third-order valence-electron chi connectivity index (χ3n) is 3.20. The van der Waals surface area contributed by atoms with Gasteiger partial charge in [0.15, 0.2) is 0 Å². The summed E-state index contributed by atoms with van der Waals surface area (Å²) in [5, 5.41) is 9.77. The van der Waals surface area contributed by atoms with E-state index in [1.165, 1.54) is 11.0 Å². The average Bonchev–Trinajstić information content (AvgIpc) is 2.45. The number of rotatable bonds is 4.